The molecule has 0 saturated carbocycles. The molecule has 24 aromatic carbocycles. The molecule has 0 fully saturated rings. The topological polar surface area (TPSA) is 21.8 Å². The lowest BCUT2D eigenvalue weighted by Gasteiger charge is -2.29. The van der Waals surface area contributed by atoms with Crippen LogP contribution in [0.3, 0.4) is 0 Å². The van der Waals surface area contributed by atoms with Gasteiger partial charge >= 0.3 is 0 Å². The number of benzene rings is 24. The van der Waals surface area contributed by atoms with Crippen LogP contribution in [0.5, 0.6) is 0 Å². The van der Waals surface area contributed by atoms with Crippen molar-refractivity contribution in [3.63, 3.8) is 0 Å². The van der Waals surface area contributed by atoms with Crippen LogP contribution >= 0.6 is 0 Å². The molecule has 6 heteroatoms. The van der Waals surface area contributed by atoms with E-state index in [0.717, 1.165) is 96.4 Å². The summed E-state index contributed by atoms with van der Waals surface area (Å²) in [5.41, 5.74) is 37.9. The van der Waals surface area contributed by atoms with Gasteiger partial charge in [-0.05, 0) is 362 Å². The van der Waals surface area contributed by atoms with E-state index in [2.05, 4.69) is 591 Å². The molecule has 0 aliphatic carbocycles. The second kappa shape index (κ2) is 35.8. The van der Waals surface area contributed by atoms with Crippen LogP contribution in [0.1, 0.15) is 51.3 Å². The van der Waals surface area contributed by atoms with Gasteiger partial charge in [-0.1, -0.05) is 344 Å². The van der Waals surface area contributed by atoms with Crippen molar-refractivity contribution in [3.8, 4) is 66.8 Å². The summed E-state index contributed by atoms with van der Waals surface area (Å²) in [4.78, 5) is 9.66. The number of para-hydroxylation sites is 4. The quantitative estimate of drug-likeness (QED) is 0.0715. The molecule has 150 heavy (non-hydrogen) atoms. The van der Waals surface area contributed by atoms with Crippen molar-refractivity contribution in [1.29, 1.82) is 0 Å². The van der Waals surface area contributed by atoms with Crippen LogP contribution in [-0.4, -0.2) is 8.80 Å². The van der Waals surface area contributed by atoms with Crippen molar-refractivity contribution < 1.29 is 0 Å². The minimum absolute atomic E-state index is 0.0218. The van der Waals surface area contributed by atoms with Crippen LogP contribution in [0.4, 0.5) is 68.2 Å². The molecule has 0 saturated heterocycles. The maximum atomic E-state index is 2.58. The van der Waals surface area contributed by atoms with Crippen molar-refractivity contribution in [2.75, 3.05) is 19.6 Å². The molecule has 0 spiro atoms. The number of anilines is 12. The molecule has 710 valence electrons. The Balaban J connectivity index is 0.553. The van der Waals surface area contributed by atoms with Crippen molar-refractivity contribution in [2.24, 2.45) is 0 Å². The number of hydrogen-bond acceptors (Lipinski definition) is 4. The van der Waals surface area contributed by atoms with E-state index in [0.29, 0.717) is 0 Å². The summed E-state index contributed by atoms with van der Waals surface area (Å²) in [6, 6.07) is 197. The molecule has 6 nitrogen and oxygen atoms in total. The predicted molar refractivity (Wildman–Crippen MR) is 639 cm³/mol. The largest absolute Gasteiger partial charge is 0.310 e. The molecule has 28 rings (SSSR count). The van der Waals surface area contributed by atoms with Crippen LogP contribution in [0.25, 0.3) is 186 Å². The third-order valence-electron chi connectivity index (χ3n) is 31.4. The Morgan fingerprint density at radius 3 is 0.740 bits per heavy atom. The zero-order valence-electron chi connectivity index (χ0n) is 84.1. The van der Waals surface area contributed by atoms with Gasteiger partial charge < -0.3 is 28.4 Å². The average molecular weight is 1920 g/mol. The molecule has 0 radical (unpaired) electrons. The highest BCUT2D eigenvalue weighted by atomic mass is 15.2. The lowest BCUT2D eigenvalue weighted by Crippen LogP contribution is -2.21. The molecule has 4 aromatic heterocycles. The van der Waals surface area contributed by atoms with E-state index in [9.17, 15) is 0 Å². The van der Waals surface area contributed by atoms with Crippen LogP contribution in [0, 0.1) is 0 Å². The van der Waals surface area contributed by atoms with Crippen molar-refractivity contribution in [3.05, 3.63) is 544 Å². The normalized spacial score (nSPS) is 12.1. The first-order chi connectivity index (χ1) is 73.6. The summed E-state index contributed by atoms with van der Waals surface area (Å²) in [5.74, 6) is 0. The smallest absolute Gasteiger partial charge is 0.0620 e. The molecular weight excluding hydrogens is 1810 g/mol. The van der Waals surface area contributed by atoms with E-state index in [-0.39, 0.29) is 10.8 Å². The van der Waals surface area contributed by atoms with E-state index in [1.807, 2.05) is 0 Å². The Morgan fingerprint density at radius 2 is 0.400 bits per heavy atom. The number of hydrogen-bond donors (Lipinski definition) is 0. The van der Waals surface area contributed by atoms with Crippen LogP contribution in [-0.2, 0) is 17.3 Å². The number of nitrogens with zero attached hydrogens (tertiary/aromatic N) is 6. The summed E-state index contributed by atoms with van der Waals surface area (Å²) < 4.78 is 5.16. The van der Waals surface area contributed by atoms with Crippen LogP contribution < -0.4 is 19.6 Å². The molecule has 28 aromatic rings. The third-order valence-corrected chi connectivity index (χ3v) is 31.4. The molecule has 4 heterocycles. The Kier molecular flexibility index (Phi) is 21.2. The Hall–Kier alpha value is -18.9. The van der Waals surface area contributed by atoms with E-state index in [1.165, 1.54) is 181 Å². The summed E-state index contributed by atoms with van der Waals surface area (Å²) >= 11 is 0. The lowest BCUT2D eigenvalue weighted by molar-refractivity contribution is 0.522. The average Bonchev–Trinajstić information content (AvgIpc) is 1.53. The monoisotopic (exact) mass is 1920 g/mol. The van der Waals surface area contributed by atoms with E-state index < -0.39 is 0 Å². The number of aromatic nitrogens is 2. The highest BCUT2D eigenvalue weighted by molar-refractivity contribution is 6.29. The maximum Gasteiger partial charge on any atom is 0.0620 e. The minimum Gasteiger partial charge on any atom is -0.310 e. The van der Waals surface area contributed by atoms with E-state index in [1.54, 1.807) is 0 Å². The van der Waals surface area contributed by atoms with Gasteiger partial charge in [-0.3, -0.25) is 0 Å². The Labute approximate surface area is 872 Å². The van der Waals surface area contributed by atoms with Crippen molar-refractivity contribution in [1.82, 2.24) is 8.80 Å². The van der Waals surface area contributed by atoms with Gasteiger partial charge in [0.25, 0.3) is 0 Å². The van der Waals surface area contributed by atoms with Gasteiger partial charge in [0.2, 0.25) is 0 Å². The summed E-state index contributed by atoms with van der Waals surface area (Å²) in [6.07, 6.45) is 0.774. The van der Waals surface area contributed by atoms with Gasteiger partial charge in [-0.2, -0.15) is 0 Å². The fraction of sp³-hybridized carbons (Fsp3) is 0.0556. The van der Waals surface area contributed by atoms with Gasteiger partial charge in [0, 0.05) is 111 Å². The summed E-state index contributed by atoms with van der Waals surface area (Å²) in [5, 5.41) is 19.2. The van der Waals surface area contributed by atoms with E-state index in [4.69, 9.17) is 0 Å². The molecule has 0 aliphatic heterocycles. The summed E-state index contributed by atoms with van der Waals surface area (Å²) in [6.45, 7) is 11.7. The van der Waals surface area contributed by atoms with Crippen LogP contribution in [0.2, 0.25) is 0 Å². The maximum absolute atomic E-state index is 2.58. The summed E-state index contributed by atoms with van der Waals surface area (Å²) in [7, 11) is 0. The molecule has 0 bridgehead atoms. The van der Waals surface area contributed by atoms with Gasteiger partial charge in [-0.15, -0.1) is 0 Å². The SMILES string of the molecule is CC(C)(C)c1ccc(-c2cc3c4cc5ccc(N(c6ccccc6)c6cccc(-c7ccccc7)c6)cc5cc4n4c5cc6cc(N(c7ccccc7)c7cc(CC(C)(C)c8ccc(-c9cc%10c%11cc%12ccc(N(c%13ccccc%13)c%13ccc(-c%14ccccc%14)cc%13)cc%12cc%11n%11c%12cc%13cc(N(c%14ccccc%14)c%14ccc(-c%15ccccc%15)cc%14)ccc%13cc%12c(c9)c%10%11)cc8)cc(-c8ccccc8)c7)ccc6cc5c(c2)c34)cc1. The molecule has 0 amide bonds. The first-order valence-electron chi connectivity index (χ1n) is 52.2. The fourth-order valence-corrected chi connectivity index (χ4v) is 23.9. The third kappa shape index (κ3) is 15.6. The second-order valence-corrected chi connectivity index (χ2v) is 42.3. The van der Waals surface area contributed by atoms with Gasteiger partial charge in [0.05, 0.1) is 33.1 Å². The first-order valence-corrected chi connectivity index (χ1v) is 52.2. The predicted octanol–water partition coefficient (Wildman–Crippen LogP) is 40.3. The van der Waals surface area contributed by atoms with E-state index >= 15 is 0 Å². The second-order valence-electron chi connectivity index (χ2n) is 42.3. The molecule has 0 unspecified atom stereocenters. The van der Waals surface area contributed by atoms with Gasteiger partial charge in [-0.25, -0.2) is 0 Å². The first kappa shape index (κ1) is 88.8. The Morgan fingerprint density at radius 1 is 0.160 bits per heavy atom. The van der Waals surface area contributed by atoms with Crippen molar-refractivity contribution >= 4 is 188 Å². The molecule has 0 N–H and O–H groups in total. The molecular formula is C144H104N6. The zero-order valence-corrected chi connectivity index (χ0v) is 84.1. The molecule has 0 aliphatic rings. The highest BCUT2D eigenvalue weighted by Crippen LogP contribution is 2.52. The standard InChI is InChI=1S/C144H104N6/c1-143(2,3)115-61-49-101(50-62-115)113-85-133-131-83-106-59-71-126(147(119-44-26-12-27-45-119)123-48-30-39-103(75-123)97-35-18-8-19-36-97)78-111(106)91-139(131)150-140-92-112-79-127(72-60-107(112)84-132(140)134(86-113)141(133)150)148(120-46-28-13-29-47-120)128-74-94(73-108(80-128)98-37-20-9-21-38-98)93-144(4,5)116-63-51-102(52-64-116)114-87-135-129-81-104-57-69-124(145(117-40-22-10-23-41-117)121-65-53-99(54-66-121)95-31-14-6-15-32-95)76-109(104)89-137(129)149-138-90-110-77-125(70-58-105(110)82-130(138)136(88-114)142(135)149)146(118-42-24-11-25-43-118)122-67-55-100(56-68-122)96-33-16-7-17-34-96/h6-92H,93H2,1-5H3. The highest BCUT2D eigenvalue weighted by Gasteiger charge is 2.30. The fourth-order valence-electron chi connectivity index (χ4n) is 23.9. The number of fused-ring (bicyclic) bond motifs is 16. The van der Waals surface area contributed by atoms with Gasteiger partial charge in [0.1, 0.15) is 0 Å². The zero-order chi connectivity index (χ0) is 100.0. The van der Waals surface area contributed by atoms with Crippen LogP contribution in [0.15, 0.2) is 528 Å². The minimum atomic E-state index is -0.315. The molecule has 0 atom stereocenters. The number of rotatable bonds is 21. The van der Waals surface area contributed by atoms with Crippen molar-refractivity contribution in [2.45, 2.75) is 51.9 Å². The Bertz CT molecular complexity index is 9790. The van der Waals surface area contributed by atoms with Gasteiger partial charge in [0.15, 0.2) is 0 Å². The lowest BCUT2D eigenvalue weighted by atomic mass is 9.78.